The average Bonchev–Trinajstić information content (AvgIpc) is 3.02. The monoisotopic (exact) mass is 591 g/mol. The van der Waals surface area contributed by atoms with Crippen molar-refractivity contribution < 1.29 is 9.53 Å². The zero-order valence-corrected chi connectivity index (χ0v) is 25.9. The number of aromatic nitrogens is 2. The predicted molar refractivity (Wildman–Crippen MR) is 177 cm³/mol. The van der Waals surface area contributed by atoms with Crippen molar-refractivity contribution in [2.45, 2.75) is 39.2 Å². The second kappa shape index (κ2) is 14.3. The molecular weight excluding hydrogens is 550 g/mol. The second-order valence-electron chi connectivity index (χ2n) is 11.8. The van der Waals surface area contributed by atoms with E-state index < -0.39 is 0 Å². The van der Waals surface area contributed by atoms with Crippen molar-refractivity contribution in [3.63, 3.8) is 0 Å². The highest BCUT2D eigenvalue weighted by molar-refractivity contribution is 5.93. The Bertz CT molecular complexity index is 1700. The van der Waals surface area contributed by atoms with E-state index in [1.165, 1.54) is 5.56 Å². The molecule has 1 aliphatic rings. The van der Waals surface area contributed by atoms with Gasteiger partial charge in [-0.05, 0) is 67.4 Å². The molecule has 1 fully saturated rings. The summed E-state index contributed by atoms with van der Waals surface area (Å²) < 4.78 is 7.37. The maximum Gasteiger partial charge on any atom is 0.348 e. The van der Waals surface area contributed by atoms with Gasteiger partial charge in [-0.1, -0.05) is 56.2 Å². The molecule has 44 heavy (non-hydrogen) atoms. The highest BCUT2D eigenvalue weighted by Gasteiger charge is 2.16. The Balaban J connectivity index is 1.36. The molecule has 0 radical (unpaired) electrons. The van der Waals surface area contributed by atoms with Crippen LogP contribution >= 0.6 is 0 Å². The lowest BCUT2D eigenvalue weighted by molar-refractivity contribution is -0.116. The molecule has 0 bridgehead atoms. The fraction of sp³-hybridized carbons (Fsp3) is 0.361. The Kier molecular flexibility index (Phi) is 10.1. The van der Waals surface area contributed by atoms with E-state index in [1.807, 2.05) is 54.6 Å². The van der Waals surface area contributed by atoms with Crippen LogP contribution in [0.5, 0.6) is 5.75 Å². The zero-order chi connectivity index (χ0) is 31.1. The number of carbonyl (C=O) groups is 1. The number of fused-ring (bicyclic) bond motifs is 1. The van der Waals surface area contributed by atoms with E-state index >= 15 is 0 Å². The van der Waals surface area contributed by atoms with Crippen LogP contribution in [0.25, 0.3) is 22.2 Å². The number of nitrogens with zero attached hydrogens (tertiary/aromatic N) is 4. The van der Waals surface area contributed by atoms with Crippen LogP contribution < -0.4 is 15.7 Å². The normalized spacial score (nSPS) is 14.1. The van der Waals surface area contributed by atoms with E-state index in [-0.39, 0.29) is 18.2 Å². The molecule has 1 aliphatic heterocycles. The van der Waals surface area contributed by atoms with Crippen LogP contribution in [-0.4, -0.2) is 71.6 Å². The minimum atomic E-state index is -0.351. The summed E-state index contributed by atoms with van der Waals surface area (Å²) in [6.07, 6.45) is 6.71. The number of hydrogen-bond acceptors (Lipinski definition) is 6. The van der Waals surface area contributed by atoms with Crippen LogP contribution in [0, 0.1) is 12.3 Å². The number of hydrogen-bond donors (Lipinski definition) is 1. The van der Waals surface area contributed by atoms with Crippen LogP contribution in [0.1, 0.15) is 43.7 Å². The molecule has 3 aromatic carbocycles. The summed E-state index contributed by atoms with van der Waals surface area (Å²) in [5.74, 6) is 3.50. The number of carbonyl (C=O) groups excluding carboxylic acids is 1. The number of terminal acetylenes is 1. The van der Waals surface area contributed by atoms with Gasteiger partial charge in [0.1, 0.15) is 12.4 Å². The van der Waals surface area contributed by atoms with E-state index in [0.29, 0.717) is 36.0 Å². The summed E-state index contributed by atoms with van der Waals surface area (Å²) in [6.45, 7) is 9.91. The SMILES string of the molecule is C#CCOc1ccc2c(c1)c(-c1ccc(C(C)C)cc1)nc(=O)n2Cc1cccc(NC(=O)CCCN2CCN(C)CC2)c1. The molecule has 1 saturated heterocycles. The largest absolute Gasteiger partial charge is 0.481 e. The standard InChI is InChI=1S/C36H41N5O3/c1-5-22-44-31-15-16-33-32(24-31)35(29-13-11-28(12-14-29)26(2)3)38-36(43)41(33)25-27-8-6-9-30(23-27)37-34(42)10-7-17-40-20-18-39(4)19-21-40/h1,6,8-9,11-16,23-24,26H,7,10,17-22,25H2,2-4H3,(H,37,42). The maximum absolute atomic E-state index is 13.5. The molecule has 0 atom stereocenters. The first-order valence-electron chi connectivity index (χ1n) is 15.3. The molecule has 1 N–H and O–H groups in total. The van der Waals surface area contributed by atoms with Crippen LogP contribution in [0.15, 0.2) is 71.5 Å². The second-order valence-corrected chi connectivity index (χ2v) is 11.8. The first-order chi connectivity index (χ1) is 21.3. The third-order valence-corrected chi connectivity index (χ3v) is 8.15. The molecule has 0 saturated carbocycles. The van der Waals surface area contributed by atoms with Gasteiger partial charge in [-0.2, -0.15) is 4.98 Å². The topological polar surface area (TPSA) is 79.7 Å². The van der Waals surface area contributed by atoms with Crippen molar-refractivity contribution in [2.24, 2.45) is 0 Å². The summed E-state index contributed by atoms with van der Waals surface area (Å²) in [7, 11) is 2.14. The van der Waals surface area contributed by atoms with Crippen LogP contribution in [0.3, 0.4) is 0 Å². The Hall–Kier alpha value is -4.45. The summed E-state index contributed by atoms with van der Waals surface area (Å²) in [4.78, 5) is 35.5. The number of piperazine rings is 1. The number of ether oxygens (including phenoxy) is 1. The van der Waals surface area contributed by atoms with Crippen molar-refractivity contribution in [2.75, 3.05) is 51.7 Å². The summed E-state index contributed by atoms with van der Waals surface area (Å²) in [5.41, 5.74) is 4.65. The molecular formula is C36H41N5O3. The summed E-state index contributed by atoms with van der Waals surface area (Å²) in [6, 6.07) is 21.4. The number of anilines is 1. The summed E-state index contributed by atoms with van der Waals surface area (Å²) >= 11 is 0. The average molecular weight is 592 g/mol. The van der Waals surface area contributed by atoms with Gasteiger partial charge in [0, 0.05) is 49.2 Å². The highest BCUT2D eigenvalue weighted by Crippen LogP contribution is 2.30. The minimum Gasteiger partial charge on any atom is -0.481 e. The van der Waals surface area contributed by atoms with Crippen molar-refractivity contribution >= 4 is 22.5 Å². The molecule has 1 amide bonds. The minimum absolute atomic E-state index is 0.00658. The number of nitrogens with one attached hydrogen (secondary N) is 1. The molecule has 5 rings (SSSR count). The first kappa shape index (κ1) is 31.0. The van der Waals surface area contributed by atoms with Crippen molar-refractivity contribution in [3.8, 4) is 29.4 Å². The smallest absolute Gasteiger partial charge is 0.348 e. The van der Waals surface area contributed by atoms with Gasteiger partial charge in [-0.3, -0.25) is 9.36 Å². The fourth-order valence-corrected chi connectivity index (χ4v) is 5.56. The van der Waals surface area contributed by atoms with E-state index in [1.54, 1.807) is 4.57 Å². The molecule has 0 spiro atoms. The van der Waals surface area contributed by atoms with Gasteiger partial charge in [0.2, 0.25) is 5.91 Å². The lowest BCUT2D eigenvalue weighted by Gasteiger charge is -2.32. The maximum atomic E-state index is 13.5. The molecule has 0 aliphatic carbocycles. The van der Waals surface area contributed by atoms with Crippen LogP contribution in [-0.2, 0) is 11.3 Å². The lowest BCUT2D eigenvalue weighted by atomic mass is 9.99. The van der Waals surface area contributed by atoms with E-state index in [0.717, 1.165) is 61.2 Å². The third kappa shape index (κ3) is 7.73. The molecule has 2 heterocycles. The van der Waals surface area contributed by atoms with Gasteiger partial charge in [-0.25, -0.2) is 4.79 Å². The van der Waals surface area contributed by atoms with Crippen molar-refractivity contribution in [3.05, 3.63) is 88.3 Å². The van der Waals surface area contributed by atoms with Gasteiger partial charge in [-0.15, -0.1) is 6.42 Å². The molecule has 1 aromatic heterocycles. The number of likely N-dealkylation sites (N-methyl/N-ethyl adjacent to an activating group) is 1. The van der Waals surface area contributed by atoms with Gasteiger partial charge < -0.3 is 19.9 Å². The van der Waals surface area contributed by atoms with E-state index in [2.05, 4.69) is 59.0 Å². The predicted octanol–water partition coefficient (Wildman–Crippen LogP) is 5.21. The number of amides is 1. The van der Waals surface area contributed by atoms with Crippen molar-refractivity contribution in [1.29, 1.82) is 0 Å². The quantitative estimate of drug-likeness (QED) is 0.241. The number of benzene rings is 3. The van der Waals surface area contributed by atoms with Crippen molar-refractivity contribution in [1.82, 2.24) is 19.4 Å². The Morgan fingerprint density at radius 3 is 2.55 bits per heavy atom. The van der Waals surface area contributed by atoms with E-state index in [9.17, 15) is 9.59 Å². The molecule has 8 heteroatoms. The molecule has 228 valence electrons. The van der Waals surface area contributed by atoms with Gasteiger partial charge in [0.15, 0.2) is 0 Å². The summed E-state index contributed by atoms with van der Waals surface area (Å²) in [5, 5.41) is 3.83. The fourth-order valence-electron chi connectivity index (χ4n) is 5.56. The van der Waals surface area contributed by atoms with Gasteiger partial charge >= 0.3 is 5.69 Å². The zero-order valence-electron chi connectivity index (χ0n) is 25.9. The Labute approximate surface area is 259 Å². The molecule has 8 nitrogen and oxygen atoms in total. The van der Waals surface area contributed by atoms with Gasteiger partial charge in [0.05, 0.1) is 17.8 Å². The van der Waals surface area contributed by atoms with Crippen LogP contribution in [0.4, 0.5) is 5.69 Å². The van der Waals surface area contributed by atoms with Gasteiger partial charge in [0.25, 0.3) is 0 Å². The lowest BCUT2D eigenvalue weighted by Crippen LogP contribution is -2.44. The first-order valence-corrected chi connectivity index (χ1v) is 15.3. The number of rotatable bonds is 11. The third-order valence-electron chi connectivity index (χ3n) is 8.15. The van der Waals surface area contributed by atoms with E-state index in [4.69, 9.17) is 11.2 Å². The molecule has 4 aromatic rings. The van der Waals surface area contributed by atoms with Crippen LogP contribution in [0.2, 0.25) is 0 Å². The highest BCUT2D eigenvalue weighted by atomic mass is 16.5. The molecule has 0 unspecified atom stereocenters. The Morgan fingerprint density at radius 2 is 1.82 bits per heavy atom. The Morgan fingerprint density at radius 1 is 1.05 bits per heavy atom.